The number of amides is 1. The van der Waals surface area contributed by atoms with Gasteiger partial charge in [-0.1, -0.05) is 24.3 Å². The lowest BCUT2D eigenvalue weighted by Gasteiger charge is -2.07. The number of benzene rings is 2. The Balaban J connectivity index is 1.43. The summed E-state index contributed by atoms with van der Waals surface area (Å²) in [4.78, 5) is 24.2. The number of nitrogens with one attached hydrogen (secondary N) is 2. The number of H-pyrrole nitrogens is 1. The van der Waals surface area contributed by atoms with Crippen LogP contribution in [-0.2, 0) is 6.54 Å². The number of aromatic nitrogens is 3. The number of hydrogen-bond donors (Lipinski definition) is 2. The minimum Gasteiger partial charge on any atom is -0.439 e. The van der Waals surface area contributed by atoms with Gasteiger partial charge in [-0.2, -0.15) is 0 Å². The van der Waals surface area contributed by atoms with Crippen LogP contribution in [-0.4, -0.2) is 20.9 Å². The van der Waals surface area contributed by atoms with E-state index in [-0.39, 0.29) is 5.91 Å². The van der Waals surface area contributed by atoms with Gasteiger partial charge in [0.15, 0.2) is 0 Å². The second-order valence-corrected chi connectivity index (χ2v) is 5.68. The minimum atomic E-state index is -0.197. The van der Waals surface area contributed by atoms with Crippen molar-refractivity contribution in [1.29, 1.82) is 0 Å². The van der Waals surface area contributed by atoms with Crippen molar-refractivity contribution in [3.8, 4) is 11.6 Å². The van der Waals surface area contributed by atoms with Crippen LogP contribution in [0.25, 0.3) is 11.0 Å². The Bertz CT molecular complexity index is 1010. The number of para-hydroxylation sites is 2. The van der Waals surface area contributed by atoms with Crippen molar-refractivity contribution in [3.05, 3.63) is 84.3 Å². The van der Waals surface area contributed by atoms with Gasteiger partial charge in [-0.05, 0) is 36.4 Å². The molecule has 0 aliphatic carbocycles. The number of imidazole rings is 1. The Morgan fingerprint density at radius 1 is 1.04 bits per heavy atom. The Morgan fingerprint density at radius 3 is 2.77 bits per heavy atom. The van der Waals surface area contributed by atoms with Gasteiger partial charge in [0.1, 0.15) is 11.6 Å². The summed E-state index contributed by atoms with van der Waals surface area (Å²) in [5, 5.41) is 2.86. The maximum atomic E-state index is 12.4. The third-order valence-corrected chi connectivity index (χ3v) is 3.81. The number of nitrogens with zero attached hydrogens (tertiary/aromatic N) is 2. The van der Waals surface area contributed by atoms with Crippen LogP contribution in [0.15, 0.2) is 72.9 Å². The predicted molar refractivity (Wildman–Crippen MR) is 98.0 cm³/mol. The lowest BCUT2D eigenvalue weighted by atomic mass is 10.2. The molecule has 0 radical (unpaired) electrons. The summed E-state index contributed by atoms with van der Waals surface area (Å²) in [6.07, 6.45) is 1.65. The number of pyridine rings is 1. The van der Waals surface area contributed by atoms with E-state index in [9.17, 15) is 4.79 Å². The molecule has 2 heterocycles. The van der Waals surface area contributed by atoms with Gasteiger partial charge >= 0.3 is 0 Å². The molecule has 0 aliphatic rings. The van der Waals surface area contributed by atoms with E-state index in [2.05, 4.69) is 20.3 Å². The van der Waals surface area contributed by atoms with E-state index in [0.29, 0.717) is 29.6 Å². The number of fused-ring (bicyclic) bond motifs is 1. The predicted octanol–water partition coefficient (Wildman–Crippen LogP) is 3.68. The summed E-state index contributed by atoms with van der Waals surface area (Å²) >= 11 is 0. The van der Waals surface area contributed by atoms with Crippen molar-refractivity contribution < 1.29 is 9.53 Å². The number of aromatic amines is 1. The van der Waals surface area contributed by atoms with Gasteiger partial charge in [-0.25, -0.2) is 9.97 Å². The third-order valence-electron chi connectivity index (χ3n) is 3.81. The van der Waals surface area contributed by atoms with Crippen LogP contribution in [0.3, 0.4) is 0 Å². The smallest absolute Gasteiger partial charge is 0.251 e. The fraction of sp³-hybridized carbons (Fsp3) is 0.0500. The molecular weight excluding hydrogens is 328 g/mol. The molecule has 26 heavy (non-hydrogen) atoms. The highest BCUT2D eigenvalue weighted by molar-refractivity contribution is 5.94. The fourth-order valence-corrected chi connectivity index (χ4v) is 2.58. The van der Waals surface area contributed by atoms with E-state index in [1.165, 1.54) is 0 Å². The van der Waals surface area contributed by atoms with Crippen molar-refractivity contribution in [3.63, 3.8) is 0 Å². The first-order valence-electron chi connectivity index (χ1n) is 8.19. The highest BCUT2D eigenvalue weighted by Crippen LogP contribution is 2.20. The average molecular weight is 344 g/mol. The molecule has 4 aromatic rings. The van der Waals surface area contributed by atoms with Crippen molar-refractivity contribution in [2.45, 2.75) is 6.54 Å². The molecule has 128 valence electrons. The number of carbonyl (C=O) groups is 1. The molecule has 0 bridgehead atoms. The standard InChI is InChI=1S/C20H16N4O2/c25-20(22-13-18-23-16-8-1-2-9-17(16)24-18)14-6-5-7-15(12-14)26-19-10-3-4-11-21-19/h1-12H,13H2,(H,22,25)(H,23,24). The Morgan fingerprint density at radius 2 is 1.92 bits per heavy atom. The number of rotatable bonds is 5. The monoisotopic (exact) mass is 344 g/mol. The van der Waals surface area contributed by atoms with Crippen LogP contribution < -0.4 is 10.1 Å². The highest BCUT2D eigenvalue weighted by atomic mass is 16.5. The number of carbonyl (C=O) groups excluding carboxylic acids is 1. The number of hydrogen-bond acceptors (Lipinski definition) is 4. The molecule has 0 unspecified atom stereocenters. The summed E-state index contributed by atoms with van der Waals surface area (Å²) in [6.45, 7) is 0.318. The molecule has 4 rings (SSSR count). The molecule has 1 amide bonds. The molecular formula is C20H16N4O2. The summed E-state index contributed by atoms with van der Waals surface area (Å²) in [6, 6.07) is 20.1. The molecule has 0 atom stereocenters. The van der Waals surface area contributed by atoms with Crippen LogP contribution in [0.5, 0.6) is 11.6 Å². The van der Waals surface area contributed by atoms with E-state index in [0.717, 1.165) is 11.0 Å². The fourth-order valence-electron chi connectivity index (χ4n) is 2.58. The van der Waals surface area contributed by atoms with Gasteiger partial charge in [0.25, 0.3) is 5.91 Å². The zero-order chi connectivity index (χ0) is 17.8. The third kappa shape index (κ3) is 3.54. The van der Waals surface area contributed by atoms with Crippen LogP contribution in [0.4, 0.5) is 0 Å². The Labute approximate surface area is 149 Å². The Hall–Kier alpha value is -3.67. The van der Waals surface area contributed by atoms with Crippen LogP contribution in [0, 0.1) is 0 Å². The molecule has 2 aromatic heterocycles. The van der Waals surface area contributed by atoms with Crippen molar-refractivity contribution >= 4 is 16.9 Å². The molecule has 6 nitrogen and oxygen atoms in total. The van der Waals surface area contributed by atoms with Crippen LogP contribution in [0.1, 0.15) is 16.2 Å². The van der Waals surface area contributed by atoms with E-state index in [4.69, 9.17) is 4.74 Å². The largest absolute Gasteiger partial charge is 0.439 e. The average Bonchev–Trinajstić information content (AvgIpc) is 3.10. The van der Waals surface area contributed by atoms with Crippen LogP contribution >= 0.6 is 0 Å². The lowest BCUT2D eigenvalue weighted by molar-refractivity contribution is 0.0949. The normalized spacial score (nSPS) is 10.6. The summed E-state index contributed by atoms with van der Waals surface area (Å²) < 4.78 is 5.66. The van der Waals surface area contributed by atoms with Crippen molar-refractivity contribution in [2.75, 3.05) is 0 Å². The minimum absolute atomic E-state index is 0.197. The van der Waals surface area contributed by atoms with Gasteiger partial charge in [0.05, 0.1) is 17.6 Å². The molecule has 2 aromatic carbocycles. The maximum absolute atomic E-state index is 12.4. The first-order chi connectivity index (χ1) is 12.8. The molecule has 0 fully saturated rings. The topological polar surface area (TPSA) is 79.9 Å². The molecule has 6 heteroatoms. The molecule has 0 saturated heterocycles. The Kier molecular flexibility index (Phi) is 4.30. The summed E-state index contributed by atoms with van der Waals surface area (Å²) in [5.41, 5.74) is 2.33. The maximum Gasteiger partial charge on any atom is 0.251 e. The first kappa shape index (κ1) is 15.8. The second-order valence-electron chi connectivity index (χ2n) is 5.68. The zero-order valence-electron chi connectivity index (χ0n) is 13.8. The van der Waals surface area contributed by atoms with Crippen molar-refractivity contribution in [1.82, 2.24) is 20.3 Å². The summed E-state index contributed by atoms with van der Waals surface area (Å²) in [5.74, 6) is 1.55. The van der Waals surface area contributed by atoms with Gasteiger partial charge in [0.2, 0.25) is 5.88 Å². The zero-order valence-corrected chi connectivity index (χ0v) is 13.8. The summed E-state index contributed by atoms with van der Waals surface area (Å²) in [7, 11) is 0. The highest BCUT2D eigenvalue weighted by Gasteiger charge is 2.09. The van der Waals surface area contributed by atoms with Gasteiger partial charge in [0, 0.05) is 17.8 Å². The molecule has 0 saturated carbocycles. The second kappa shape index (κ2) is 7.06. The van der Waals surface area contributed by atoms with E-state index in [1.54, 1.807) is 36.5 Å². The SMILES string of the molecule is O=C(NCc1nc2ccccc2[nH]1)c1cccc(Oc2ccccn2)c1. The van der Waals surface area contributed by atoms with Gasteiger partial charge < -0.3 is 15.0 Å². The van der Waals surface area contributed by atoms with Gasteiger partial charge in [-0.15, -0.1) is 0 Å². The quantitative estimate of drug-likeness (QED) is 0.579. The van der Waals surface area contributed by atoms with E-state index < -0.39 is 0 Å². The van der Waals surface area contributed by atoms with Gasteiger partial charge in [-0.3, -0.25) is 4.79 Å². The van der Waals surface area contributed by atoms with E-state index in [1.807, 2.05) is 36.4 Å². The van der Waals surface area contributed by atoms with Crippen LogP contribution in [0.2, 0.25) is 0 Å². The molecule has 0 aliphatic heterocycles. The molecule has 2 N–H and O–H groups in total. The van der Waals surface area contributed by atoms with E-state index >= 15 is 0 Å². The van der Waals surface area contributed by atoms with Crippen molar-refractivity contribution in [2.24, 2.45) is 0 Å². The lowest BCUT2D eigenvalue weighted by Crippen LogP contribution is -2.23. The number of ether oxygens (including phenoxy) is 1. The first-order valence-corrected chi connectivity index (χ1v) is 8.19. The molecule has 0 spiro atoms.